The van der Waals surface area contributed by atoms with E-state index < -0.39 is 58.7 Å². The van der Waals surface area contributed by atoms with Crippen LogP contribution in [0.3, 0.4) is 0 Å². The van der Waals surface area contributed by atoms with Crippen LogP contribution in [0.1, 0.15) is 21.5 Å². The maximum absolute atomic E-state index is 14.0. The molecule has 1 amide bonds. The number of rotatable bonds is 4. The molecule has 26 heavy (non-hydrogen) atoms. The Labute approximate surface area is 141 Å². The fraction of sp³-hybridized carbons (Fsp3) is 0.188. The summed E-state index contributed by atoms with van der Waals surface area (Å²) in [7, 11) is 0. The summed E-state index contributed by atoms with van der Waals surface area (Å²) >= 11 is 0. The summed E-state index contributed by atoms with van der Waals surface area (Å²) in [6.45, 7) is -1.70. The van der Waals surface area contributed by atoms with Gasteiger partial charge in [-0.2, -0.15) is 22.0 Å². The highest BCUT2D eigenvalue weighted by atomic mass is 19.4. The van der Waals surface area contributed by atoms with Gasteiger partial charge >= 0.3 is 6.18 Å². The Balaban J connectivity index is 2.25. The number of amides is 1. The minimum absolute atomic E-state index is 0.0209. The summed E-state index contributed by atoms with van der Waals surface area (Å²) in [4.78, 5) is 11.8. The number of hydrogen-bond acceptors (Lipinski definition) is 1. The van der Waals surface area contributed by atoms with Gasteiger partial charge < -0.3 is 5.32 Å². The number of hydrogen-bond donors (Lipinski definition) is 1. The summed E-state index contributed by atoms with van der Waals surface area (Å²) in [6.07, 6.45) is -4.91. The van der Waals surface area contributed by atoms with E-state index in [1.165, 1.54) is 5.32 Å². The lowest BCUT2D eigenvalue weighted by Crippen LogP contribution is -2.37. The number of carbonyl (C=O) groups is 1. The van der Waals surface area contributed by atoms with Crippen molar-refractivity contribution in [1.29, 1.82) is 0 Å². The SMILES string of the molecule is O=C(NCC(F)(F)c1c(F)cc(F)cc1F)c1ccccc1C(F)(F)F. The molecule has 2 aromatic rings. The van der Waals surface area contributed by atoms with Crippen molar-refractivity contribution in [2.45, 2.75) is 12.1 Å². The zero-order chi connectivity index (χ0) is 19.7. The lowest BCUT2D eigenvalue weighted by molar-refractivity contribution is -0.137. The van der Waals surface area contributed by atoms with Crippen LogP contribution in [0.4, 0.5) is 35.1 Å². The Kier molecular flexibility index (Phi) is 5.24. The van der Waals surface area contributed by atoms with Crippen LogP contribution in [-0.4, -0.2) is 12.5 Å². The topological polar surface area (TPSA) is 29.1 Å². The molecule has 0 bridgehead atoms. The van der Waals surface area contributed by atoms with Crippen molar-refractivity contribution in [2.24, 2.45) is 0 Å². The molecule has 2 rings (SSSR count). The van der Waals surface area contributed by atoms with Gasteiger partial charge in [0.05, 0.1) is 23.2 Å². The minimum atomic E-state index is -4.91. The third-order valence-electron chi connectivity index (χ3n) is 3.32. The molecule has 0 aliphatic rings. The molecule has 0 spiro atoms. The van der Waals surface area contributed by atoms with Crippen LogP contribution in [-0.2, 0) is 12.1 Å². The Morgan fingerprint density at radius 3 is 2.00 bits per heavy atom. The summed E-state index contributed by atoms with van der Waals surface area (Å²) in [5.74, 6) is -11.1. The van der Waals surface area contributed by atoms with E-state index in [0.29, 0.717) is 6.07 Å². The molecule has 2 nitrogen and oxygen atoms in total. The molecule has 0 aromatic heterocycles. The largest absolute Gasteiger partial charge is 0.417 e. The van der Waals surface area contributed by atoms with Gasteiger partial charge in [-0.1, -0.05) is 12.1 Å². The van der Waals surface area contributed by atoms with E-state index in [2.05, 4.69) is 0 Å². The smallest absolute Gasteiger partial charge is 0.346 e. The van der Waals surface area contributed by atoms with E-state index in [0.717, 1.165) is 18.2 Å². The van der Waals surface area contributed by atoms with Crippen LogP contribution >= 0.6 is 0 Å². The maximum atomic E-state index is 14.0. The average molecular weight is 383 g/mol. The number of alkyl halides is 5. The predicted octanol–water partition coefficient (Wildman–Crippen LogP) is 4.64. The lowest BCUT2D eigenvalue weighted by atomic mass is 10.0. The first-order valence-electron chi connectivity index (χ1n) is 6.91. The molecule has 0 fully saturated rings. The van der Waals surface area contributed by atoms with Crippen molar-refractivity contribution in [3.8, 4) is 0 Å². The van der Waals surface area contributed by atoms with Gasteiger partial charge in [-0.15, -0.1) is 0 Å². The fourth-order valence-corrected chi connectivity index (χ4v) is 2.19. The van der Waals surface area contributed by atoms with Crippen molar-refractivity contribution in [3.63, 3.8) is 0 Å². The number of benzene rings is 2. The lowest BCUT2D eigenvalue weighted by Gasteiger charge is -2.19. The standard InChI is InChI=1S/C16H9F8NO/c17-8-5-11(18)13(12(19)6-8)15(20,21)7-25-14(26)9-3-1-2-4-10(9)16(22,23)24/h1-6H,7H2,(H,25,26). The third-order valence-corrected chi connectivity index (χ3v) is 3.32. The Bertz CT molecular complexity index is 808. The van der Waals surface area contributed by atoms with E-state index in [4.69, 9.17) is 0 Å². The highest BCUT2D eigenvalue weighted by molar-refractivity contribution is 5.95. The van der Waals surface area contributed by atoms with Crippen molar-refractivity contribution in [2.75, 3.05) is 6.54 Å². The minimum Gasteiger partial charge on any atom is -0.346 e. The molecule has 0 saturated heterocycles. The van der Waals surface area contributed by atoms with Crippen LogP contribution in [0, 0.1) is 17.5 Å². The van der Waals surface area contributed by atoms with Crippen LogP contribution in [0.2, 0.25) is 0 Å². The van der Waals surface area contributed by atoms with Gasteiger partial charge in [0, 0.05) is 12.1 Å². The van der Waals surface area contributed by atoms with Gasteiger partial charge in [-0.25, -0.2) is 13.2 Å². The Morgan fingerprint density at radius 1 is 0.923 bits per heavy atom. The summed E-state index contributed by atoms with van der Waals surface area (Å²) in [5.41, 5.74) is -4.10. The van der Waals surface area contributed by atoms with Crippen molar-refractivity contribution in [3.05, 3.63) is 70.5 Å². The molecular formula is C16H9F8NO. The molecular weight excluding hydrogens is 374 g/mol. The van der Waals surface area contributed by atoms with Crippen molar-refractivity contribution >= 4 is 5.91 Å². The van der Waals surface area contributed by atoms with E-state index in [9.17, 15) is 39.9 Å². The number of halogens is 8. The van der Waals surface area contributed by atoms with Gasteiger partial charge in [0.2, 0.25) is 0 Å². The van der Waals surface area contributed by atoms with Crippen LogP contribution in [0.25, 0.3) is 0 Å². The maximum Gasteiger partial charge on any atom is 0.417 e. The average Bonchev–Trinajstić information content (AvgIpc) is 2.50. The highest BCUT2D eigenvalue weighted by Gasteiger charge is 2.40. The first-order chi connectivity index (χ1) is 11.9. The number of carbonyl (C=O) groups excluding carboxylic acids is 1. The molecule has 1 N–H and O–H groups in total. The van der Waals surface area contributed by atoms with Gasteiger partial charge in [0.15, 0.2) is 0 Å². The van der Waals surface area contributed by atoms with E-state index in [1.807, 2.05) is 0 Å². The molecule has 0 atom stereocenters. The predicted molar refractivity (Wildman–Crippen MR) is 74.0 cm³/mol. The Morgan fingerprint density at radius 2 is 1.46 bits per heavy atom. The zero-order valence-corrected chi connectivity index (χ0v) is 12.6. The van der Waals surface area contributed by atoms with E-state index >= 15 is 0 Å². The summed E-state index contributed by atoms with van der Waals surface area (Å²) < 4.78 is 106. The second-order valence-corrected chi connectivity index (χ2v) is 5.17. The molecule has 0 saturated carbocycles. The normalized spacial score (nSPS) is 12.2. The summed E-state index contributed by atoms with van der Waals surface area (Å²) in [6, 6.07) is 3.46. The van der Waals surface area contributed by atoms with Gasteiger partial charge in [-0.05, 0) is 12.1 Å². The molecule has 0 aliphatic heterocycles. The van der Waals surface area contributed by atoms with Gasteiger partial charge in [-0.3, -0.25) is 4.79 Å². The van der Waals surface area contributed by atoms with Crippen molar-refractivity contribution < 1.29 is 39.9 Å². The van der Waals surface area contributed by atoms with Crippen LogP contribution < -0.4 is 5.32 Å². The Hall–Kier alpha value is -2.65. The van der Waals surface area contributed by atoms with E-state index in [1.54, 1.807) is 0 Å². The fourth-order valence-electron chi connectivity index (χ4n) is 2.19. The first-order valence-corrected chi connectivity index (χ1v) is 6.91. The zero-order valence-electron chi connectivity index (χ0n) is 12.6. The molecule has 0 unspecified atom stereocenters. The second-order valence-electron chi connectivity index (χ2n) is 5.17. The monoisotopic (exact) mass is 383 g/mol. The molecule has 140 valence electrons. The molecule has 0 heterocycles. The van der Waals surface area contributed by atoms with Crippen molar-refractivity contribution in [1.82, 2.24) is 5.32 Å². The molecule has 0 aliphatic carbocycles. The molecule has 0 radical (unpaired) electrons. The van der Waals surface area contributed by atoms with Crippen LogP contribution in [0.15, 0.2) is 36.4 Å². The van der Waals surface area contributed by atoms with E-state index in [-0.39, 0.29) is 12.1 Å². The van der Waals surface area contributed by atoms with Crippen LogP contribution in [0.5, 0.6) is 0 Å². The quantitative estimate of drug-likeness (QED) is 0.766. The van der Waals surface area contributed by atoms with Gasteiger partial charge in [0.1, 0.15) is 17.5 Å². The molecule has 2 aromatic carbocycles. The first kappa shape index (κ1) is 19.7. The highest BCUT2D eigenvalue weighted by Crippen LogP contribution is 2.34. The summed E-state index contributed by atoms with van der Waals surface area (Å²) in [5, 5.41) is 1.50. The van der Waals surface area contributed by atoms with Gasteiger partial charge in [0.25, 0.3) is 11.8 Å². The second kappa shape index (κ2) is 6.93. The molecule has 10 heteroatoms. The number of nitrogens with one attached hydrogen (secondary N) is 1. The third kappa shape index (κ3) is 4.12.